The van der Waals surface area contributed by atoms with Crippen molar-refractivity contribution in [2.75, 3.05) is 40.4 Å². The molecule has 1 saturated heterocycles. The summed E-state index contributed by atoms with van der Waals surface area (Å²) in [5.74, 6) is -2.20. The summed E-state index contributed by atoms with van der Waals surface area (Å²) < 4.78 is 24.7. The van der Waals surface area contributed by atoms with E-state index in [4.69, 9.17) is 29.3 Å². The predicted octanol–water partition coefficient (Wildman–Crippen LogP) is 2.32. The molecule has 1 aliphatic heterocycles. The molecular formula is C22H27FN2O6. The van der Waals surface area contributed by atoms with Crippen LogP contribution in [0, 0.1) is 5.82 Å². The van der Waals surface area contributed by atoms with E-state index in [0.29, 0.717) is 6.54 Å². The van der Waals surface area contributed by atoms with Crippen LogP contribution in [-0.2, 0) is 22.7 Å². The molecule has 1 heterocycles. The molecule has 168 valence electrons. The lowest BCUT2D eigenvalue weighted by Gasteiger charge is -2.35. The third kappa shape index (κ3) is 7.23. The van der Waals surface area contributed by atoms with Crippen molar-refractivity contribution < 1.29 is 33.7 Å². The molecule has 0 unspecified atom stereocenters. The molecule has 0 atom stereocenters. The van der Waals surface area contributed by atoms with Crippen LogP contribution in [0.25, 0.3) is 0 Å². The summed E-state index contributed by atoms with van der Waals surface area (Å²) in [5, 5.41) is 14.8. The maximum atomic E-state index is 13.8. The van der Waals surface area contributed by atoms with Gasteiger partial charge in [-0.1, -0.05) is 30.3 Å². The molecule has 0 radical (unpaired) electrons. The molecule has 0 saturated carbocycles. The molecule has 9 heteroatoms. The van der Waals surface area contributed by atoms with Crippen molar-refractivity contribution in [3.8, 4) is 11.5 Å². The number of rotatable bonds is 6. The number of ether oxygens (including phenoxy) is 2. The average molecular weight is 434 g/mol. The summed E-state index contributed by atoms with van der Waals surface area (Å²) in [4.78, 5) is 22.9. The van der Waals surface area contributed by atoms with E-state index >= 15 is 0 Å². The van der Waals surface area contributed by atoms with Crippen molar-refractivity contribution >= 4 is 11.9 Å². The van der Waals surface area contributed by atoms with E-state index in [9.17, 15) is 4.39 Å². The van der Waals surface area contributed by atoms with Crippen molar-refractivity contribution in [3.05, 3.63) is 59.4 Å². The van der Waals surface area contributed by atoms with Gasteiger partial charge in [-0.05, 0) is 12.1 Å². The van der Waals surface area contributed by atoms with Crippen molar-refractivity contribution in [1.82, 2.24) is 9.80 Å². The lowest BCUT2D eigenvalue weighted by atomic mass is 10.1. The summed E-state index contributed by atoms with van der Waals surface area (Å²) in [6, 6.07) is 13.0. The van der Waals surface area contributed by atoms with Gasteiger partial charge in [-0.2, -0.15) is 0 Å². The maximum absolute atomic E-state index is 13.8. The highest BCUT2D eigenvalue weighted by Gasteiger charge is 2.20. The van der Waals surface area contributed by atoms with Crippen LogP contribution in [-0.4, -0.2) is 72.4 Å². The van der Waals surface area contributed by atoms with E-state index in [1.54, 1.807) is 20.3 Å². The molecule has 8 nitrogen and oxygen atoms in total. The first-order valence-electron chi connectivity index (χ1n) is 9.70. The number of carboxylic acids is 2. The van der Waals surface area contributed by atoms with Gasteiger partial charge in [0.15, 0.2) is 11.5 Å². The number of para-hydroxylation sites is 1. The molecule has 2 aromatic carbocycles. The first-order valence-corrected chi connectivity index (χ1v) is 9.70. The zero-order valence-electron chi connectivity index (χ0n) is 17.6. The molecule has 0 spiro atoms. The summed E-state index contributed by atoms with van der Waals surface area (Å²) in [5.41, 5.74) is 1.90. The highest BCUT2D eigenvalue weighted by Crippen LogP contribution is 2.31. The lowest BCUT2D eigenvalue weighted by Crippen LogP contribution is -2.45. The van der Waals surface area contributed by atoms with Crippen molar-refractivity contribution in [2.45, 2.75) is 13.1 Å². The predicted molar refractivity (Wildman–Crippen MR) is 112 cm³/mol. The number of hydrogen-bond donors (Lipinski definition) is 2. The van der Waals surface area contributed by atoms with Crippen LogP contribution in [0.15, 0.2) is 42.5 Å². The Morgan fingerprint density at radius 1 is 0.839 bits per heavy atom. The Hall–Kier alpha value is -3.17. The third-order valence-corrected chi connectivity index (χ3v) is 4.88. The molecule has 3 rings (SSSR count). The minimum Gasteiger partial charge on any atom is -0.493 e. The van der Waals surface area contributed by atoms with Crippen LogP contribution in [0.2, 0.25) is 0 Å². The number of methoxy groups -OCH3 is 2. The summed E-state index contributed by atoms with van der Waals surface area (Å²) in [6.07, 6.45) is 0. The van der Waals surface area contributed by atoms with Gasteiger partial charge in [-0.25, -0.2) is 14.0 Å². The maximum Gasteiger partial charge on any atom is 0.414 e. The summed E-state index contributed by atoms with van der Waals surface area (Å²) in [7, 11) is 3.33. The molecule has 0 aliphatic carbocycles. The largest absolute Gasteiger partial charge is 0.493 e. The zero-order chi connectivity index (χ0) is 22.8. The number of hydrogen-bond acceptors (Lipinski definition) is 6. The van der Waals surface area contributed by atoms with E-state index in [1.165, 1.54) is 6.07 Å². The average Bonchev–Trinajstić information content (AvgIpc) is 2.76. The monoisotopic (exact) mass is 434 g/mol. The van der Waals surface area contributed by atoms with Crippen LogP contribution < -0.4 is 9.47 Å². The Balaban J connectivity index is 0.000000501. The molecule has 0 bridgehead atoms. The minimum absolute atomic E-state index is 0.119. The van der Waals surface area contributed by atoms with Crippen LogP contribution in [0.3, 0.4) is 0 Å². The highest BCUT2D eigenvalue weighted by molar-refractivity contribution is 6.27. The Labute approximate surface area is 180 Å². The molecule has 0 amide bonds. The van der Waals surface area contributed by atoms with Gasteiger partial charge in [0, 0.05) is 50.4 Å². The minimum atomic E-state index is -1.82. The van der Waals surface area contributed by atoms with E-state index < -0.39 is 11.9 Å². The SMILES string of the molecule is COc1cccc(CN2CCN(Cc3ccccc3F)CC2)c1OC.O=C(O)C(=O)O. The lowest BCUT2D eigenvalue weighted by molar-refractivity contribution is -0.159. The molecule has 31 heavy (non-hydrogen) atoms. The summed E-state index contributed by atoms with van der Waals surface area (Å²) >= 11 is 0. The standard InChI is InChI=1S/C20H25FN2O2.C2H2O4/c1-24-19-9-5-7-17(20(19)25-2)15-23-12-10-22(11-13-23)14-16-6-3-4-8-18(16)21;3-1(4)2(5)6/h3-9H,10-15H2,1-2H3;(H,3,4)(H,5,6). The van der Waals surface area contributed by atoms with Crippen molar-refractivity contribution in [2.24, 2.45) is 0 Å². The fourth-order valence-corrected chi connectivity index (χ4v) is 3.29. The third-order valence-electron chi connectivity index (χ3n) is 4.88. The molecule has 1 aliphatic rings. The van der Waals surface area contributed by atoms with Crippen LogP contribution >= 0.6 is 0 Å². The number of aliphatic carboxylic acids is 2. The Bertz CT molecular complexity index is 872. The number of nitrogens with zero attached hydrogens (tertiary/aromatic N) is 2. The van der Waals surface area contributed by atoms with Gasteiger partial charge in [0.1, 0.15) is 5.82 Å². The molecule has 2 N–H and O–H groups in total. The second-order valence-electron chi connectivity index (χ2n) is 6.91. The fraction of sp³-hybridized carbons (Fsp3) is 0.364. The number of carboxylic acid groups (broad SMARTS) is 2. The first kappa shape index (κ1) is 24.1. The van der Waals surface area contributed by atoms with Crippen molar-refractivity contribution in [1.29, 1.82) is 0 Å². The van der Waals surface area contributed by atoms with E-state index in [1.807, 2.05) is 24.3 Å². The molecule has 1 fully saturated rings. The topological polar surface area (TPSA) is 99.5 Å². The Morgan fingerprint density at radius 2 is 1.35 bits per heavy atom. The van der Waals surface area contributed by atoms with E-state index in [2.05, 4.69) is 15.9 Å². The second kappa shape index (κ2) is 11.9. The summed E-state index contributed by atoms with van der Waals surface area (Å²) in [6.45, 7) is 5.27. The van der Waals surface area contributed by atoms with Crippen molar-refractivity contribution in [3.63, 3.8) is 0 Å². The smallest absolute Gasteiger partial charge is 0.414 e. The Kier molecular flexibility index (Phi) is 9.23. The fourth-order valence-electron chi connectivity index (χ4n) is 3.29. The first-order chi connectivity index (χ1) is 14.8. The van der Waals surface area contributed by atoms with Gasteiger partial charge in [-0.3, -0.25) is 9.80 Å². The molecule has 2 aromatic rings. The second-order valence-corrected chi connectivity index (χ2v) is 6.91. The van der Waals surface area contributed by atoms with E-state index in [-0.39, 0.29) is 5.82 Å². The zero-order valence-corrected chi connectivity index (χ0v) is 17.6. The van der Waals surface area contributed by atoms with Crippen LogP contribution in [0.4, 0.5) is 4.39 Å². The van der Waals surface area contributed by atoms with Gasteiger partial charge < -0.3 is 19.7 Å². The van der Waals surface area contributed by atoms with Gasteiger partial charge >= 0.3 is 11.9 Å². The van der Waals surface area contributed by atoms with Gasteiger partial charge in [-0.15, -0.1) is 0 Å². The normalized spacial score (nSPS) is 14.3. The van der Waals surface area contributed by atoms with Gasteiger partial charge in [0.2, 0.25) is 0 Å². The van der Waals surface area contributed by atoms with Gasteiger partial charge in [0.05, 0.1) is 14.2 Å². The van der Waals surface area contributed by atoms with Crippen LogP contribution in [0.5, 0.6) is 11.5 Å². The highest BCUT2D eigenvalue weighted by atomic mass is 19.1. The van der Waals surface area contributed by atoms with Gasteiger partial charge in [0.25, 0.3) is 0 Å². The quantitative estimate of drug-likeness (QED) is 0.669. The number of halogens is 1. The molecular weight excluding hydrogens is 407 g/mol. The number of piperazine rings is 1. The van der Waals surface area contributed by atoms with Crippen LogP contribution in [0.1, 0.15) is 11.1 Å². The number of carbonyl (C=O) groups is 2. The number of benzene rings is 2. The van der Waals surface area contributed by atoms with E-state index in [0.717, 1.165) is 55.3 Å². The Morgan fingerprint density at radius 3 is 1.84 bits per heavy atom. The molecule has 0 aromatic heterocycles.